The number of piperidine rings is 1. The fourth-order valence-corrected chi connectivity index (χ4v) is 2.95. The number of aromatic nitrogens is 1. The Balaban J connectivity index is 1.69. The van der Waals surface area contributed by atoms with Gasteiger partial charge in [0.05, 0.1) is 5.69 Å². The van der Waals surface area contributed by atoms with Crippen LogP contribution in [0.2, 0.25) is 0 Å². The van der Waals surface area contributed by atoms with E-state index in [2.05, 4.69) is 22.6 Å². The summed E-state index contributed by atoms with van der Waals surface area (Å²) in [6.07, 6.45) is 5.11. The molecule has 1 aromatic rings. The molecule has 18 heavy (non-hydrogen) atoms. The predicted octanol–water partition coefficient (Wildman–Crippen LogP) is 2.52. The van der Waals surface area contributed by atoms with Gasteiger partial charge in [-0.25, -0.2) is 4.98 Å². The number of nitrogens with one attached hydrogen (secondary N) is 1. The zero-order valence-electron chi connectivity index (χ0n) is 10.9. The van der Waals surface area contributed by atoms with E-state index < -0.39 is 0 Å². The molecule has 1 amide bonds. The zero-order valence-corrected chi connectivity index (χ0v) is 11.8. The largest absolute Gasteiger partial charge is 0.361 e. The van der Waals surface area contributed by atoms with Gasteiger partial charge in [-0.3, -0.25) is 4.79 Å². The van der Waals surface area contributed by atoms with Gasteiger partial charge in [0.15, 0.2) is 5.13 Å². The average Bonchev–Trinajstić information content (AvgIpc) is 2.87. The first-order chi connectivity index (χ1) is 8.79. The van der Waals surface area contributed by atoms with Crippen LogP contribution in [0.25, 0.3) is 0 Å². The van der Waals surface area contributed by atoms with Crippen LogP contribution in [-0.4, -0.2) is 35.4 Å². The Kier molecular flexibility index (Phi) is 4.99. The van der Waals surface area contributed by atoms with E-state index in [0.29, 0.717) is 13.0 Å². The van der Waals surface area contributed by atoms with Gasteiger partial charge in [-0.1, -0.05) is 6.92 Å². The molecule has 0 spiro atoms. The lowest BCUT2D eigenvalue weighted by molar-refractivity contribution is -0.131. The van der Waals surface area contributed by atoms with Crippen LogP contribution in [0.1, 0.15) is 38.3 Å². The number of hydrogen-bond donors (Lipinski definition) is 1. The molecule has 0 unspecified atom stereocenters. The van der Waals surface area contributed by atoms with Crippen molar-refractivity contribution in [3.05, 3.63) is 11.1 Å². The number of thiazole rings is 1. The quantitative estimate of drug-likeness (QED) is 0.891. The van der Waals surface area contributed by atoms with Gasteiger partial charge < -0.3 is 10.2 Å². The van der Waals surface area contributed by atoms with Gasteiger partial charge in [0.1, 0.15) is 0 Å². The zero-order chi connectivity index (χ0) is 12.8. The standard InChI is InChI=1S/C13H21N3OS/c1-2-11-10-18-13(15-11)14-7-6-12(17)16-8-4-3-5-9-16/h10H,2-9H2,1H3,(H,14,15). The number of hydrogen-bond acceptors (Lipinski definition) is 4. The summed E-state index contributed by atoms with van der Waals surface area (Å²) < 4.78 is 0. The van der Waals surface area contributed by atoms with E-state index in [-0.39, 0.29) is 5.91 Å². The minimum atomic E-state index is 0.273. The van der Waals surface area contributed by atoms with Crippen molar-refractivity contribution in [2.75, 3.05) is 25.0 Å². The molecule has 1 fully saturated rings. The first-order valence-electron chi connectivity index (χ1n) is 6.75. The van der Waals surface area contributed by atoms with Gasteiger partial charge in [0.2, 0.25) is 5.91 Å². The van der Waals surface area contributed by atoms with Crippen molar-refractivity contribution in [2.24, 2.45) is 0 Å². The monoisotopic (exact) mass is 267 g/mol. The van der Waals surface area contributed by atoms with Gasteiger partial charge in [0.25, 0.3) is 0 Å². The van der Waals surface area contributed by atoms with E-state index in [1.807, 2.05) is 4.90 Å². The van der Waals surface area contributed by atoms with Crippen molar-refractivity contribution < 1.29 is 4.79 Å². The van der Waals surface area contributed by atoms with Crippen LogP contribution in [0, 0.1) is 0 Å². The lowest BCUT2D eigenvalue weighted by atomic mass is 10.1. The van der Waals surface area contributed by atoms with Crippen LogP contribution in [-0.2, 0) is 11.2 Å². The van der Waals surface area contributed by atoms with E-state index in [0.717, 1.165) is 43.2 Å². The Labute approximate surface area is 112 Å². The molecule has 0 radical (unpaired) electrons. The maximum Gasteiger partial charge on any atom is 0.224 e. The molecule has 0 atom stereocenters. The highest BCUT2D eigenvalue weighted by molar-refractivity contribution is 7.13. The first kappa shape index (κ1) is 13.3. The van der Waals surface area contributed by atoms with Gasteiger partial charge in [-0.15, -0.1) is 11.3 Å². The summed E-state index contributed by atoms with van der Waals surface area (Å²) >= 11 is 1.61. The Bertz CT molecular complexity index is 385. The summed E-state index contributed by atoms with van der Waals surface area (Å²) in [5.74, 6) is 0.273. The summed E-state index contributed by atoms with van der Waals surface area (Å²) in [6.45, 7) is 4.66. The van der Waals surface area contributed by atoms with Gasteiger partial charge in [-0.2, -0.15) is 0 Å². The first-order valence-corrected chi connectivity index (χ1v) is 7.63. The SMILES string of the molecule is CCc1csc(NCCC(=O)N2CCCCC2)n1. The van der Waals surface area contributed by atoms with Crippen molar-refractivity contribution in [3.8, 4) is 0 Å². The lowest BCUT2D eigenvalue weighted by Gasteiger charge is -2.26. The third-order valence-corrected chi connectivity index (χ3v) is 4.09. The molecule has 100 valence electrons. The number of nitrogens with zero attached hydrogens (tertiary/aromatic N) is 2. The molecule has 1 aliphatic rings. The Morgan fingerprint density at radius 3 is 2.89 bits per heavy atom. The molecular weight excluding hydrogens is 246 g/mol. The minimum Gasteiger partial charge on any atom is -0.361 e. The molecular formula is C13H21N3OS. The highest BCUT2D eigenvalue weighted by Crippen LogP contribution is 2.16. The van der Waals surface area contributed by atoms with E-state index in [9.17, 15) is 4.79 Å². The average molecular weight is 267 g/mol. The smallest absolute Gasteiger partial charge is 0.224 e. The molecule has 0 aliphatic carbocycles. The molecule has 1 aromatic heterocycles. The van der Waals surface area contributed by atoms with E-state index >= 15 is 0 Å². The highest BCUT2D eigenvalue weighted by atomic mass is 32.1. The lowest BCUT2D eigenvalue weighted by Crippen LogP contribution is -2.36. The van der Waals surface area contributed by atoms with Crippen LogP contribution < -0.4 is 5.32 Å². The second kappa shape index (κ2) is 6.73. The molecule has 1 saturated heterocycles. The second-order valence-electron chi connectivity index (χ2n) is 4.62. The van der Waals surface area contributed by atoms with E-state index in [1.54, 1.807) is 11.3 Å². The fourth-order valence-electron chi connectivity index (χ4n) is 2.13. The van der Waals surface area contributed by atoms with Crippen molar-refractivity contribution in [1.82, 2.24) is 9.88 Å². The molecule has 2 heterocycles. The van der Waals surface area contributed by atoms with Crippen molar-refractivity contribution in [1.29, 1.82) is 0 Å². The van der Waals surface area contributed by atoms with Crippen LogP contribution in [0.4, 0.5) is 5.13 Å². The van der Waals surface area contributed by atoms with Crippen molar-refractivity contribution in [2.45, 2.75) is 39.0 Å². The Morgan fingerprint density at radius 2 is 2.22 bits per heavy atom. The van der Waals surface area contributed by atoms with Gasteiger partial charge >= 0.3 is 0 Å². The molecule has 5 heteroatoms. The molecule has 0 aromatic carbocycles. The third kappa shape index (κ3) is 3.70. The molecule has 4 nitrogen and oxygen atoms in total. The minimum absolute atomic E-state index is 0.273. The number of likely N-dealkylation sites (tertiary alicyclic amines) is 1. The van der Waals surface area contributed by atoms with Crippen LogP contribution >= 0.6 is 11.3 Å². The molecule has 0 saturated carbocycles. The van der Waals surface area contributed by atoms with Crippen molar-refractivity contribution in [3.63, 3.8) is 0 Å². The van der Waals surface area contributed by atoms with E-state index in [4.69, 9.17) is 0 Å². The van der Waals surface area contributed by atoms with Crippen LogP contribution in [0.15, 0.2) is 5.38 Å². The van der Waals surface area contributed by atoms with Crippen LogP contribution in [0.5, 0.6) is 0 Å². The molecule has 1 aliphatic heterocycles. The van der Waals surface area contributed by atoms with Crippen LogP contribution in [0.3, 0.4) is 0 Å². The van der Waals surface area contributed by atoms with Gasteiger partial charge in [0, 0.05) is 31.4 Å². The molecule has 1 N–H and O–H groups in total. The number of rotatable bonds is 5. The number of carbonyl (C=O) groups is 1. The number of carbonyl (C=O) groups excluding carboxylic acids is 1. The third-order valence-electron chi connectivity index (χ3n) is 3.24. The molecule has 0 bridgehead atoms. The number of aryl methyl sites for hydroxylation is 1. The topological polar surface area (TPSA) is 45.2 Å². The fraction of sp³-hybridized carbons (Fsp3) is 0.692. The van der Waals surface area contributed by atoms with E-state index in [1.165, 1.54) is 6.42 Å². The highest BCUT2D eigenvalue weighted by Gasteiger charge is 2.15. The maximum atomic E-state index is 11.9. The maximum absolute atomic E-state index is 11.9. The van der Waals surface area contributed by atoms with Crippen molar-refractivity contribution >= 4 is 22.4 Å². The summed E-state index contributed by atoms with van der Waals surface area (Å²) in [5, 5.41) is 6.22. The second-order valence-corrected chi connectivity index (χ2v) is 5.47. The summed E-state index contributed by atoms with van der Waals surface area (Å²) in [4.78, 5) is 18.3. The number of anilines is 1. The normalized spacial score (nSPS) is 15.7. The molecule has 2 rings (SSSR count). The summed E-state index contributed by atoms with van der Waals surface area (Å²) in [7, 11) is 0. The Morgan fingerprint density at radius 1 is 1.44 bits per heavy atom. The summed E-state index contributed by atoms with van der Waals surface area (Å²) in [6, 6.07) is 0. The Hall–Kier alpha value is -1.10. The number of amides is 1. The van der Waals surface area contributed by atoms with Gasteiger partial charge in [-0.05, 0) is 25.7 Å². The summed E-state index contributed by atoms with van der Waals surface area (Å²) in [5.41, 5.74) is 1.12. The predicted molar refractivity (Wildman–Crippen MR) is 75.0 cm³/mol.